The zero-order chi connectivity index (χ0) is 18.8. The lowest BCUT2D eigenvalue weighted by Crippen LogP contribution is -2.39. The largest absolute Gasteiger partial charge is 0.445 e. The maximum absolute atomic E-state index is 12.5. The van der Waals surface area contributed by atoms with Gasteiger partial charge in [0.05, 0.1) is 0 Å². The van der Waals surface area contributed by atoms with Gasteiger partial charge in [-0.3, -0.25) is 4.40 Å². The number of imidazole rings is 1. The van der Waals surface area contributed by atoms with E-state index in [2.05, 4.69) is 4.98 Å². The van der Waals surface area contributed by atoms with Crippen molar-refractivity contribution in [1.29, 1.82) is 0 Å². The number of benzene rings is 1. The molecule has 2 aromatic heterocycles. The molecule has 1 amide bonds. The number of anilines is 1. The standard InChI is InChI=1S/C19H22BN5O2/c20-16-15-17(21)22-8-10-25(15)18(23-16)14-7-4-9-24(11-14)19(26)27-12-13-5-2-1-3-6-13/h1-3,5-6,8,10,14H,4,7,9,11-12,20H2,(H2,21,22). The van der Waals surface area contributed by atoms with Crippen molar-refractivity contribution in [3.8, 4) is 0 Å². The monoisotopic (exact) mass is 363 g/mol. The van der Waals surface area contributed by atoms with Crippen LogP contribution in [0.25, 0.3) is 5.52 Å². The van der Waals surface area contributed by atoms with E-state index in [0.717, 1.165) is 35.3 Å². The van der Waals surface area contributed by atoms with Gasteiger partial charge in [-0.2, -0.15) is 0 Å². The molecule has 7 nitrogen and oxygen atoms in total. The fraction of sp³-hybridized carbons (Fsp3) is 0.316. The Hall–Kier alpha value is -3.03. The predicted octanol–water partition coefficient (Wildman–Crippen LogP) is 1.09. The van der Waals surface area contributed by atoms with Gasteiger partial charge in [-0.05, 0) is 18.4 Å². The summed E-state index contributed by atoms with van der Waals surface area (Å²) < 4.78 is 7.49. The highest BCUT2D eigenvalue weighted by atomic mass is 16.6. The topological polar surface area (TPSA) is 85.8 Å². The first kappa shape index (κ1) is 17.4. The third kappa shape index (κ3) is 3.47. The molecule has 1 unspecified atom stereocenters. The molecule has 1 aromatic carbocycles. The molecule has 0 bridgehead atoms. The van der Waals surface area contributed by atoms with Crippen LogP contribution in [0.4, 0.5) is 10.6 Å². The highest BCUT2D eigenvalue weighted by molar-refractivity contribution is 6.36. The van der Waals surface area contributed by atoms with E-state index in [1.165, 1.54) is 0 Å². The van der Waals surface area contributed by atoms with Crippen molar-refractivity contribution >= 4 is 30.9 Å². The van der Waals surface area contributed by atoms with Crippen molar-refractivity contribution in [2.45, 2.75) is 25.4 Å². The predicted molar refractivity (Wildman–Crippen MR) is 106 cm³/mol. The van der Waals surface area contributed by atoms with Crippen LogP contribution in [0.1, 0.15) is 30.1 Å². The minimum absolute atomic E-state index is 0.144. The molecule has 0 spiro atoms. The minimum atomic E-state index is -0.276. The van der Waals surface area contributed by atoms with Gasteiger partial charge in [-0.1, -0.05) is 30.3 Å². The van der Waals surface area contributed by atoms with Crippen LogP contribution in [-0.4, -0.2) is 46.3 Å². The molecule has 0 radical (unpaired) electrons. The highest BCUT2D eigenvalue weighted by Crippen LogP contribution is 2.27. The number of hydrogen-bond donors (Lipinski definition) is 1. The molecule has 3 heterocycles. The third-order valence-electron chi connectivity index (χ3n) is 5.03. The Labute approximate surface area is 158 Å². The Balaban J connectivity index is 1.48. The summed E-state index contributed by atoms with van der Waals surface area (Å²) in [6, 6.07) is 9.72. The van der Waals surface area contributed by atoms with Crippen LogP contribution in [0.5, 0.6) is 0 Å². The zero-order valence-corrected chi connectivity index (χ0v) is 15.3. The number of rotatable bonds is 3. The summed E-state index contributed by atoms with van der Waals surface area (Å²) in [5, 5.41) is 0. The first-order valence-corrected chi connectivity index (χ1v) is 9.18. The lowest BCUT2D eigenvalue weighted by Gasteiger charge is -2.31. The zero-order valence-electron chi connectivity index (χ0n) is 15.3. The maximum Gasteiger partial charge on any atom is 0.410 e. The minimum Gasteiger partial charge on any atom is -0.445 e. The number of carbonyl (C=O) groups excluding carboxylic acids is 1. The Morgan fingerprint density at radius 2 is 2.15 bits per heavy atom. The quantitative estimate of drug-likeness (QED) is 0.704. The first-order chi connectivity index (χ1) is 13.1. The van der Waals surface area contributed by atoms with Crippen molar-refractivity contribution in [3.05, 3.63) is 54.1 Å². The van der Waals surface area contributed by atoms with Crippen LogP contribution in [0, 0.1) is 0 Å². The summed E-state index contributed by atoms with van der Waals surface area (Å²) in [4.78, 5) is 23.2. The molecular weight excluding hydrogens is 341 g/mol. The van der Waals surface area contributed by atoms with Crippen molar-refractivity contribution in [3.63, 3.8) is 0 Å². The molecule has 1 fully saturated rings. The second-order valence-corrected chi connectivity index (χ2v) is 6.91. The summed E-state index contributed by atoms with van der Waals surface area (Å²) in [6.07, 6.45) is 5.18. The molecule has 2 N–H and O–H groups in total. The average Bonchev–Trinajstić information content (AvgIpc) is 3.05. The summed E-state index contributed by atoms with van der Waals surface area (Å²) in [5.41, 5.74) is 8.70. The number of ether oxygens (including phenoxy) is 1. The van der Waals surface area contributed by atoms with Gasteiger partial charge in [-0.25, -0.2) is 14.8 Å². The Morgan fingerprint density at radius 3 is 2.96 bits per heavy atom. The summed E-state index contributed by atoms with van der Waals surface area (Å²) >= 11 is 0. The van der Waals surface area contributed by atoms with Crippen molar-refractivity contribution in [2.75, 3.05) is 18.8 Å². The van der Waals surface area contributed by atoms with Gasteiger partial charge >= 0.3 is 6.09 Å². The Morgan fingerprint density at radius 1 is 1.33 bits per heavy atom. The van der Waals surface area contributed by atoms with Gasteiger partial charge in [0.25, 0.3) is 0 Å². The number of nitrogens with zero attached hydrogens (tertiary/aromatic N) is 4. The number of fused-ring (bicyclic) bond motifs is 1. The molecule has 1 atom stereocenters. The van der Waals surface area contributed by atoms with E-state index in [4.69, 9.17) is 15.5 Å². The van der Waals surface area contributed by atoms with Gasteiger partial charge < -0.3 is 15.4 Å². The molecule has 0 saturated carbocycles. The van der Waals surface area contributed by atoms with Crippen LogP contribution in [0.3, 0.4) is 0 Å². The van der Waals surface area contributed by atoms with E-state index < -0.39 is 0 Å². The van der Waals surface area contributed by atoms with Crippen LogP contribution < -0.4 is 11.3 Å². The number of amides is 1. The number of carbonyl (C=O) groups is 1. The lowest BCUT2D eigenvalue weighted by molar-refractivity contribution is 0.0853. The molecule has 1 saturated heterocycles. The van der Waals surface area contributed by atoms with Crippen molar-refractivity contribution < 1.29 is 9.53 Å². The fourth-order valence-electron chi connectivity index (χ4n) is 3.72. The van der Waals surface area contributed by atoms with E-state index in [1.807, 2.05) is 48.8 Å². The smallest absolute Gasteiger partial charge is 0.410 e. The Bertz CT molecular complexity index is 959. The summed E-state index contributed by atoms with van der Waals surface area (Å²) in [5.74, 6) is 1.55. The van der Waals surface area contributed by atoms with Gasteiger partial charge in [0.1, 0.15) is 23.8 Å². The number of hydrogen-bond acceptors (Lipinski definition) is 5. The Kier molecular flexibility index (Phi) is 4.70. The van der Waals surface area contributed by atoms with Crippen LogP contribution >= 0.6 is 0 Å². The first-order valence-electron chi connectivity index (χ1n) is 9.18. The average molecular weight is 363 g/mol. The SMILES string of the molecule is Bc1nc(C2CCCN(C(=O)OCc3ccccc3)C2)n2ccnc(N)c12. The molecule has 27 heavy (non-hydrogen) atoms. The van der Waals surface area contributed by atoms with E-state index in [1.54, 1.807) is 11.1 Å². The highest BCUT2D eigenvalue weighted by Gasteiger charge is 2.29. The summed E-state index contributed by atoms with van der Waals surface area (Å²) in [6.45, 7) is 1.58. The number of piperidine rings is 1. The fourth-order valence-corrected chi connectivity index (χ4v) is 3.72. The van der Waals surface area contributed by atoms with E-state index in [-0.39, 0.29) is 18.6 Å². The third-order valence-corrected chi connectivity index (χ3v) is 5.03. The number of aromatic nitrogens is 3. The molecule has 1 aliphatic rings. The second-order valence-electron chi connectivity index (χ2n) is 6.91. The lowest BCUT2D eigenvalue weighted by atomic mass is 9.97. The second kappa shape index (κ2) is 7.30. The molecule has 4 rings (SSSR count). The van der Waals surface area contributed by atoms with Gasteiger partial charge in [-0.15, -0.1) is 0 Å². The number of nitrogens with two attached hydrogens (primary N) is 1. The van der Waals surface area contributed by atoms with Crippen LogP contribution in [-0.2, 0) is 11.3 Å². The van der Waals surface area contributed by atoms with E-state index >= 15 is 0 Å². The van der Waals surface area contributed by atoms with Crippen LogP contribution in [0.2, 0.25) is 0 Å². The number of nitrogen functional groups attached to an aromatic ring is 1. The molecule has 3 aromatic rings. The normalized spacial score (nSPS) is 17.2. The number of likely N-dealkylation sites (tertiary alicyclic amines) is 1. The molecule has 138 valence electrons. The molecular formula is C19H22BN5O2. The van der Waals surface area contributed by atoms with Gasteiger partial charge in [0.15, 0.2) is 7.85 Å². The van der Waals surface area contributed by atoms with Gasteiger partial charge in [0.2, 0.25) is 0 Å². The van der Waals surface area contributed by atoms with E-state index in [9.17, 15) is 4.79 Å². The molecule has 1 aliphatic heterocycles. The summed E-state index contributed by atoms with van der Waals surface area (Å²) in [7, 11) is 1.94. The molecule has 0 aliphatic carbocycles. The molecule has 8 heteroatoms. The maximum atomic E-state index is 12.5. The van der Waals surface area contributed by atoms with Crippen molar-refractivity contribution in [1.82, 2.24) is 19.3 Å². The van der Waals surface area contributed by atoms with Gasteiger partial charge in [0, 0.05) is 37.0 Å². The van der Waals surface area contributed by atoms with E-state index in [0.29, 0.717) is 18.9 Å². The van der Waals surface area contributed by atoms with Crippen molar-refractivity contribution in [2.24, 2.45) is 0 Å². The van der Waals surface area contributed by atoms with Crippen LogP contribution in [0.15, 0.2) is 42.7 Å².